The smallest absolute Gasteiger partial charge is 0.226 e. The largest absolute Gasteiger partial charge is 0.493 e. The molecule has 1 amide bonds. The Morgan fingerprint density at radius 1 is 1.35 bits per heavy atom. The highest BCUT2D eigenvalue weighted by atomic mass is 32.1. The quantitative estimate of drug-likeness (QED) is 0.752. The lowest BCUT2D eigenvalue weighted by Crippen LogP contribution is -2.25. The maximum absolute atomic E-state index is 12.1. The maximum Gasteiger partial charge on any atom is 0.226 e. The van der Waals surface area contributed by atoms with Gasteiger partial charge in [-0.25, -0.2) is 4.98 Å². The van der Waals surface area contributed by atoms with Gasteiger partial charge in [-0.3, -0.25) is 9.20 Å². The molecule has 1 N–H and O–H groups in total. The number of rotatable bonds is 6. The summed E-state index contributed by atoms with van der Waals surface area (Å²) in [7, 11) is 3.17. The van der Waals surface area contributed by atoms with Crippen molar-refractivity contribution in [3.05, 3.63) is 47.2 Å². The molecule has 7 heteroatoms. The van der Waals surface area contributed by atoms with Gasteiger partial charge in [0.1, 0.15) is 0 Å². The summed E-state index contributed by atoms with van der Waals surface area (Å²) < 4.78 is 12.5. The minimum atomic E-state index is -0.0828. The fourth-order valence-corrected chi connectivity index (χ4v) is 3.09. The fraction of sp³-hybridized carbons (Fsp3) is 0.250. The second kappa shape index (κ2) is 6.70. The van der Waals surface area contributed by atoms with Crippen molar-refractivity contribution in [1.82, 2.24) is 14.7 Å². The Bertz CT molecular complexity index is 796. The number of aromatic nitrogens is 2. The number of fused-ring (bicyclic) bond motifs is 1. The molecule has 0 fully saturated rings. The van der Waals surface area contributed by atoms with Gasteiger partial charge >= 0.3 is 0 Å². The molecule has 0 saturated heterocycles. The van der Waals surface area contributed by atoms with Crippen molar-refractivity contribution < 1.29 is 14.3 Å². The van der Waals surface area contributed by atoms with Crippen LogP contribution < -0.4 is 14.8 Å². The zero-order chi connectivity index (χ0) is 16.2. The zero-order valence-electron chi connectivity index (χ0n) is 12.9. The molecule has 1 aromatic carbocycles. The highest BCUT2D eigenvalue weighted by Crippen LogP contribution is 2.30. The van der Waals surface area contributed by atoms with Gasteiger partial charge in [-0.2, -0.15) is 0 Å². The Balaban J connectivity index is 1.64. The molecule has 0 aliphatic rings. The monoisotopic (exact) mass is 331 g/mol. The number of nitrogens with zero attached hydrogens (tertiary/aromatic N) is 2. The number of nitrogens with one attached hydrogen (secondary N) is 1. The lowest BCUT2D eigenvalue weighted by atomic mass is 10.2. The molecule has 0 spiro atoms. The second-order valence-corrected chi connectivity index (χ2v) is 5.80. The van der Waals surface area contributed by atoms with Crippen LogP contribution in [0.4, 0.5) is 0 Å². The third kappa shape index (κ3) is 3.29. The number of hydrogen-bond acceptors (Lipinski definition) is 5. The predicted octanol–water partition coefficient (Wildman–Crippen LogP) is 2.27. The lowest BCUT2D eigenvalue weighted by molar-refractivity contribution is -0.120. The van der Waals surface area contributed by atoms with Crippen LogP contribution in [0.1, 0.15) is 11.3 Å². The van der Waals surface area contributed by atoms with Crippen LogP contribution in [0.2, 0.25) is 0 Å². The van der Waals surface area contributed by atoms with E-state index in [0.717, 1.165) is 16.2 Å². The number of imidazole rings is 1. The molecule has 2 heterocycles. The van der Waals surface area contributed by atoms with E-state index in [1.165, 1.54) is 0 Å². The van der Waals surface area contributed by atoms with E-state index in [4.69, 9.17) is 9.47 Å². The second-order valence-electron chi connectivity index (χ2n) is 4.93. The number of thiazole rings is 1. The van der Waals surface area contributed by atoms with E-state index in [9.17, 15) is 4.79 Å². The number of carbonyl (C=O) groups is 1. The molecule has 0 aliphatic carbocycles. The maximum atomic E-state index is 12.1. The highest BCUT2D eigenvalue weighted by molar-refractivity contribution is 7.15. The molecule has 0 bridgehead atoms. The van der Waals surface area contributed by atoms with Crippen molar-refractivity contribution in [1.29, 1.82) is 0 Å². The Morgan fingerprint density at radius 2 is 2.22 bits per heavy atom. The Labute approximate surface area is 137 Å². The third-order valence-corrected chi connectivity index (χ3v) is 4.22. The summed E-state index contributed by atoms with van der Waals surface area (Å²) in [4.78, 5) is 17.4. The Kier molecular flexibility index (Phi) is 4.47. The van der Waals surface area contributed by atoms with E-state index in [-0.39, 0.29) is 12.3 Å². The summed E-state index contributed by atoms with van der Waals surface area (Å²) in [6, 6.07) is 5.59. The van der Waals surface area contributed by atoms with Gasteiger partial charge in [0.25, 0.3) is 0 Å². The van der Waals surface area contributed by atoms with Gasteiger partial charge in [-0.15, -0.1) is 11.3 Å². The van der Waals surface area contributed by atoms with E-state index < -0.39 is 0 Å². The summed E-state index contributed by atoms with van der Waals surface area (Å²) in [5.41, 5.74) is 1.62. The molecule has 0 radical (unpaired) electrons. The van der Waals surface area contributed by atoms with Gasteiger partial charge in [0, 0.05) is 29.9 Å². The van der Waals surface area contributed by atoms with Crippen molar-refractivity contribution in [2.24, 2.45) is 0 Å². The number of hydrogen-bond donors (Lipinski definition) is 1. The molecule has 120 valence electrons. The first-order chi connectivity index (χ1) is 11.2. The number of carbonyl (C=O) groups excluding carboxylic acids is 1. The van der Waals surface area contributed by atoms with Crippen LogP contribution in [0.15, 0.2) is 36.0 Å². The number of benzene rings is 1. The standard InChI is InChI=1S/C16H17N3O3S/c1-21-13-5-3-4-11(15(13)22-2)9-17-14(20)8-12-10-19-6-7-23-16(19)18-12/h3-7,10H,8-9H2,1-2H3,(H,17,20). The summed E-state index contributed by atoms with van der Waals surface area (Å²) in [6.45, 7) is 0.376. The fourth-order valence-electron chi connectivity index (χ4n) is 2.37. The van der Waals surface area contributed by atoms with Crippen molar-refractivity contribution in [2.75, 3.05) is 14.2 Å². The van der Waals surface area contributed by atoms with Crippen LogP contribution in [0.5, 0.6) is 11.5 Å². The zero-order valence-corrected chi connectivity index (χ0v) is 13.7. The first-order valence-electron chi connectivity index (χ1n) is 7.09. The van der Waals surface area contributed by atoms with Crippen LogP contribution in [0.25, 0.3) is 4.96 Å². The molecule has 0 atom stereocenters. The molecule has 6 nitrogen and oxygen atoms in total. The molecular weight excluding hydrogens is 314 g/mol. The predicted molar refractivity (Wildman–Crippen MR) is 88.2 cm³/mol. The Hall–Kier alpha value is -2.54. The number of methoxy groups -OCH3 is 2. The SMILES string of the molecule is COc1cccc(CNC(=O)Cc2cn3ccsc3n2)c1OC. The topological polar surface area (TPSA) is 64.9 Å². The van der Waals surface area contributed by atoms with Gasteiger partial charge in [-0.1, -0.05) is 12.1 Å². The molecule has 0 saturated carbocycles. The van der Waals surface area contributed by atoms with Crippen LogP contribution in [-0.2, 0) is 17.8 Å². The van der Waals surface area contributed by atoms with Crippen LogP contribution in [0.3, 0.4) is 0 Å². The third-order valence-electron chi connectivity index (χ3n) is 3.45. The number of amides is 1. The molecule has 2 aromatic heterocycles. The van der Waals surface area contributed by atoms with E-state index in [1.807, 2.05) is 40.4 Å². The van der Waals surface area contributed by atoms with Crippen LogP contribution in [-0.4, -0.2) is 29.5 Å². The minimum absolute atomic E-state index is 0.0828. The molecule has 0 unspecified atom stereocenters. The van der Waals surface area contributed by atoms with Crippen molar-refractivity contribution in [3.63, 3.8) is 0 Å². The van der Waals surface area contributed by atoms with Gasteiger partial charge in [0.15, 0.2) is 16.5 Å². The van der Waals surface area contributed by atoms with E-state index in [2.05, 4.69) is 10.3 Å². The molecule has 0 aliphatic heterocycles. The molecule has 23 heavy (non-hydrogen) atoms. The first-order valence-corrected chi connectivity index (χ1v) is 7.97. The number of ether oxygens (including phenoxy) is 2. The summed E-state index contributed by atoms with van der Waals surface area (Å²) >= 11 is 1.54. The van der Waals surface area contributed by atoms with Crippen LogP contribution in [0, 0.1) is 0 Å². The molecular formula is C16H17N3O3S. The average Bonchev–Trinajstić information content (AvgIpc) is 3.13. The normalized spacial score (nSPS) is 10.7. The van der Waals surface area contributed by atoms with E-state index >= 15 is 0 Å². The lowest BCUT2D eigenvalue weighted by Gasteiger charge is -2.13. The highest BCUT2D eigenvalue weighted by Gasteiger charge is 2.12. The summed E-state index contributed by atoms with van der Waals surface area (Å²) in [5.74, 6) is 1.20. The van der Waals surface area contributed by atoms with Crippen LogP contribution >= 0.6 is 11.3 Å². The molecule has 3 aromatic rings. The minimum Gasteiger partial charge on any atom is -0.493 e. The van der Waals surface area contributed by atoms with E-state index in [1.54, 1.807) is 25.6 Å². The van der Waals surface area contributed by atoms with Gasteiger partial charge < -0.3 is 14.8 Å². The number of para-hydroxylation sites is 1. The van der Waals surface area contributed by atoms with Crippen molar-refractivity contribution in [2.45, 2.75) is 13.0 Å². The van der Waals surface area contributed by atoms with Crippen molar-refractivity contribution in [3.8, 4) is 11.5 Å². The summed E-state index contributed by atoms with van der Waals surface area (Å²) in [6.07, 6.45) is 4.05. The Morgan fingerprint density at radius 3 is 2.96 bits per heavy atom. The van der Waals surface area contributed by atoms with Crippen molar-refractivity contribution >= 4 is 22.2 Å². The van der Waals surface area contributed by atoms with Gasteiger partial charge in [0.2, 0.25) is 5.91 Å². The van der Waals surface area contributed by atoms with Gasteiger partial charge in [-0.05, 0) is 6.07 Å². The average molecular weight is 331 g/mol. The summed E-state index contributed by atoms with van der Waals surface area (Å²) in [5, 5.41) is 4.85. The molecule has 3 rings (SSSR count). The first kappa shape index (κ1) is 15.4. The van der Waals surface area contributed by atoms with E-state index in [0.29, 0.717) is 18.0 Å². The van der Waals surface area contributed by atoms with Gasteiger partial charge in [0.05, 0.1) is 26.3 Å².